The number of halogens is 2. The van der Waals surface area contributed by atoms with Crippen LogP contribution in [0.5, 0.6) is 11.5 Å². The fraction of sp³-hybridized carbons (Fsp3) is 0.625. The lowest BCUT2D eigenvalue weighted by Gasteiger charge is -2.38. The Morgan fingerprint density at radius 3 is 2.45 bits per heavy atom. The minimum absolute atomic E-state index is 0. The lowest BCUT2D eigenvalue weighted by Crippen LogP contribution is -2.46. The van der Waals surface area contributed by atoms with Crippen molar-refractivity contribution in [2.45, 2.75) is 26.3 Å². The van der Waals surface area contributed by atoms with Crippen molar-refractivity contribution in [3.8, 4) is 11.5 Å². The van der Waals surface area contributed by atoms with E-state index in [1.165, 1.54) is 0 Å². The fourth-order valence-electron chi connectivity index (χ4n) is 2.94. The zero-order valence-corrected chi connectivity index (χ0v) is 15.2. The summed E-state index contributed by atoms with van der Waals surface area (Å²) in [6, 6.07) is 5.78. The number of ether oxygens (including phenoxy) is 1. The van der Waals surface area contributed by atoms with Crippen LogP contribution >= 0.6 is 24.8 Å². The standard InChI is InChI=1S/C16H26N2O2.2ClH/c1-4-12(2)16(18-9-7-17-8-10-18)14-11-13(20-3)5-6-15(14)19;;/h5-6,11-12,16-17,19H,4,7-10H2,1-3H3;2*1H/t12?,16-;;/m1../s1. The molecule has 1 saturated heterocycles. The molecule has 2 atom stereocenters. The van der Waals surface area contributed by atoms with Crippen LogP contribution in [0, 0.1) is 5.92 Å². The maximum Gasteiger partial charge on any atom is 0.120 e. The minimum Gasteiger partial charge on any atom is -0.508 e. The van der Waals surface area contributed by atoms with E-state index in [1.54, 1.807) is 13.2 Å². The zero-order chi connectivity index (χ0) is 14.5. The highest BCUT2D eigenvalue weighted by molar-refractivity contribution is 5.85. The number of methoxy groups -OCH3 is 1. The van der Waals surface area contributed by atoms with Gasteiger partial charge in [0, 0.05) is 37.8 Å². The summed E-state index contributed by atoms with van der Waals surface area (Å²) in [5, 5.41) is 13.7. The van der Waals surface area contributed by atoms with Gasteiger partial charge < -0.3 is 15.2 Å². The molecule has 6 heteroatoms. The molecule has 4 nitrogen and oxygen atoms in total. The lowest BCUT2D eigenvalue weighted by atomic mass is 9.90. The number of hydrogen-bond donors (Lipinski definition) is 2. The molecule has 1 aromatic rings. The molecule has 2 rings (SSSR count). The van der Waals surface area contributed by atoms with Crippen molar-refractivity contribution in [3.63, 3.8) is 0 Å². The molecule has 0 bridgehead atoms. The Balaban J connectivity index is 0.00000220. The van der Waals surface area contributed by atoms with Gasteiger partial charge in [-0.25, -0.2) is 0 Å². The van der Waals surface area contributed by atoms with Gasteiger partial charge in [-0.1, -0.05) is 20.3 Å². The van der Waals surface area contributed by atoms with Crippen LogP contribution in [0.25, 0.3) is 0 Å². The molecule has 1 aromatic carbocycles. The SMILES string of the molecule is CCC(C)[C@H](c1cc(OC)ccc1O)N1CCNCC1.Cl.Cl. The van der Waals surface area contributed by atoms with Crippen LogP contribution in [0.3, 0.4) is 0 Å². The number of hydrogen-bond acceptors (Lipinski definition) is 4. The van der Waals surface area contributed by atoms with E-state index in [1.807, 2.05) is 12.1 Å². The van der Waals surface area contributed by atoms with Crippen LogP contribution in [-0.4, -0.2) is 43.3 Å². The Hall–Kier alpha value is -0.680. The Labute approximate surface area is 146 Å². The second-order valence-corrected chi connectivity index (χ2v) is 5.54. The van der Waals surface area contributed by atoms with Crippen LogP contribution in [-0.2, 0) is 0 Å². The molecular formula is C16H28Cl2N2O2. The maximum absolute atomic E-state index is 10.3. The molecule has 1 aliphatic rings. The van der Waals surface area contributed by atoms with Gasteiger partial charge in [0.15, 0.2) is 0 Å². The van der Waals surface area contributed by atoms with Crippen molar-refractivity contribution in [3.05, 3.63) is 23.8 Å². The number of aromatic hydroxyl groups is 1. The number of phenolic OH excluding ortho intramolecular Hbond substituents is 1. The molecule has 1 fully saturated rings. The smallest absolute Gasteiger partial charge is 0.120 e. The van der Waals surface area contributed by atoms with E-state index in [4.69, 9.17) is 4.74 Å². The highest BCUT2D eigenvalue weighted by Crippen LogP contribution is 2.37. The van der Waals surface area contributed by atoms with Gasteiger partial charge in [-0.3, -0.25) is 4.90 Å². The van der Waals surface area contributed by atoms with Crippen molar-refractivity contribution in [1.82, 2.24) is 10.2 Å². The molecule has 0 spiro atoms. The van der Waals surface area contributed by atoms with E-state index >= 15 is 0 Å². The Morgan fingerprint density at radius 1 is 1.27 bits per heavy atom. The number of piperazine rings is 1. The molecule has 0 aromatic heterocycles. The summed E-state index contributed by atoms with van der Waals surface area (Å²) in [4.78, 5) is 2.47. The second kappa shape index (κ2) is 10.2. The zero-order valence-electron chi connectivity index (χ0n) is 13.5. The van der Waals surface area contributed by atoms with E-state index < -0.39 is 0 Å². The highest BCUT2D eigenvalue weighted by atomic mass is 35.5. The minimum atomic E-state index is 0. The molecular weight excluding hydrogens is 323 g/mol. The molecule has 2 N–H and O–H groups in total. The van der Waals surface area contributed by atoms with Crippen molar-refractivity contribution >= 4 is 24.8 Å². The Morgan fingerprint density at radius 2 is 1.91 bits per heavy atom. The van der Waals surface area contributed by atoms with Crippen molar-refractivity contribution in [1.29, 1.82) is 0 Å². The molecule has 0 aliphatic carbocycles. The molecule has 1 unspecified atom stereocenters. The average Bonchev–Trinajstić information content (AvgIpc) is 2.50. The molecule has 1 heterocycles. The number of benzene rings is 1. The van der Waals surface area contributed by atoms with Gasteiger partial charge in [0.05, 0.1) is 7.11 Å². The molecule has 22 heavy (non-hydrogen) atoms. The summed E-state index contributed by atoms with van der Waals surface area (Å²) < 4.78 is 5.32. The fourth-order valence-corrected chi connectivity index (χ4v) is 2.94. The topological polar surface area (TPSA) is 44.7 Å². The average molecular weight is 351 g/mol. The second-order valence-electron chi connectivity index (χ2n) is 5.54. The summed E-state index contributed by atoms with van der Waals surface area (Å²) in [7, 11) is 1.67. The first-order valence-electron chi connectivity index (χ1n) is 7.49. The summed E-state index contributed by atoms with van der Waals surface area (Å²) in [6.45, 7) is 8.52. The Bertz CT molecular complexity index is 440. The number of rotatable bonds is 5. The number of nitrogens with zero attached hydrogens (tertiary/aromatic N) is 1. The van der Waals surface area contributed by atoms with Gasteiger partial charge in [0.25, 0.3) is 0 Å². The maximum atomic E-state index is 10.3. The molecule has 0 radical (unpaired) electrons. The molecule has 0 amide bonds. The summed E-state index contributed by atoms with van der Waals surface area (Å²) >= 11 is 0. The molecule has 1 aliphatic heterocycles. The third-order valence-corrected chi connectivity index (χ3v) is 4.28. The number of phenols is 1. The van der Waals surface area contributed by atoms with Crippen LogP contribution in [0.15, 0.2) is 18.2 Å². The van der Waals surface area contributed by atoms with E-state index in [-0.39, 0.29) is 30.9 Å². The van der Waals surface area contributed by atoms with Gasteiger partial charge in [0.2, 0.25) is 0 Å². The quantitative estimate of drug-likeness (QED) is 0.855. The van der Waals surface area contributed by atoms with E-state index in [0.29, 0.717) is 11.7 Å². The van der Waals surface area contributed by atoms with E-state index in [0.717, 1.165) is 43.9 Å². The van der Waals surface area contributed by atoms with Gasteiger partial charge in [0.1, 0.15) is 11.5 Å². The molecule has 0 saturated carbocycles. The normalized spacial score (nSPS) is 17.8. The van der Waals surface area contributed by atoms with E-state index in [9.17, 15) is 5.11 Å². The molecule has 128 valence electrons. The third-order valence-electron chi connectivity index (χ3n) is 4.28. The van der Waals surface area contributed by atoms with Crippen molar-refractivity contribution < 1.29 is 9.84 Å². The summed E-state index contributed by atoms with van der Waals surface area (Å²) in [5.74, 6) is 1.67. The first-order chi connectivity index (χ1) is 9.67. The van der Waals surface area contributed by atoms with Crippen LogP contribution in [0.1, 0.15) is 31.9 Å². The highest BCUT2D eigenvalue weighted by Gasteiger charge is 2.28. The van der Waals surface area contributed by atoms with Crippen molar-refractivity contribution in [2.24, 2.45) is 5.92 Å². The predicted octanol–water partition coefficient (Wildman–Crippen LogP) is 3.24. The summed E-state index contributed by atoms with van der Waals surface area (Å²) in [5.41, 5.74) is 0.987. The van der Waals surface area contributed by atoms with Crippen LogP contribution in [0.4, 0.5) is 0 Å². The third kappa shape index (κ3) is 4.92. The van der Waals surface area contributed by atoms with E-state index in [2.05, 4.69) is 24.1 Å². The van der Waals surface area contributed by atoms with Gasteiger partial charge in [-0.15, -0.1) is 24.8 Å². The van der Waals surface area contributed by atoms with Crippen LogP contribution < -0.4 is 10.1 Å². The summed E-state index contributed by atoms with van der Waals surface area (Å²) in [6.07, 6.45) is 1.09. The van der Waals surface area contributed by atoms with Crippen molar-refractivity contribution in [2.75, 3.05) is 33.3 Å². The van der Waals surface area contributed by atoms with Gasteiger partial charge >= 0.3 is 0 Å². The number of nitrogens with one attached hydrogen (secondary N) is 1. The largest absolute Gasteiger partial charge is 0.508 e. The predicted molar refractivity (Wildman–Crippen MR) is 95.8 cm³/mol. The monoisotopic (exact) mass is 350 g/mol. The lowest BCUT2D eigenvalue weighted by molar-refractivity contribution is 0.126. The Kier molecular flexibility index (Phi) is 9.85. The van der Waals surface area contributed by atoms with Crippen LogP contribution in [0.2, 0.25) is 0 Å². The first-order valence-corrected chi connectivity index (χ1v) is 7.49. The van der Waals surface area contributed by atoms with Gasteiger partial charge in [-0.2, -0.15) is 0 Å². The first kappa shape index (κ1) is 21.3. The van der Waals surface area contributed by atoms with Gasteiger partial charge in [-0.05, 0) is 24.1 Å².